The highest BCUT2D eigenvalue weighted by atomic mass is 32.2. The standard InChI is InChI=1S/C17H37N3O2S/c1-7-18-16(20-14-17(4,5)23(6,21)22)19-13-11-9-8-10-12-15(2)3/h15H,7-14H2,1-6H3,(H2,18,19,20). The molecule has 0 spiro atoms. The van der Waals surface area contributed by atoms with Crippen molar-refractivity contribution < 1.29 is 8.42 Å². The van der Waals surface area contributed by atoms with E-state index >= 15 is 0 Å². The fourth-order valence-corrected chi connectivity index (χ4v) is 2.27. The summed E-state index contributed by atoms with van der Waals surface area (Å²) in [6.07, 6.45) is 7.47. The number of aliphatic imine (C=N–C) groups is 1. The fraction of sp³-hybridized carbons (Fsp3) is 0.941. The lowest BCUT2D eigenvalue weighted by atomic mass is 10.0. The lowest BCUT2D eigenvalue weighted by Crippen LogP contribution is -2.40. The molecule has 0 saturated carbocycles. The summed E-state index contributed by atoms with van der Waals surface area (Å²) >= 11 is 0. The number of nitrogens with one attached hydrogen (secondary N) is 2. The van der Waals surface area contributed by atoms with Crippen molar-refractivity contribution in [3.05, 3.63) is 0 Å². The molecule has 0 aliphatic carbocycles. The molecule has 0 rings (SSSR count). The van der Waals surface area contributed by atoms with Gasteiger partial charge in [-0.2, -0.15) is 0 Å². The lowest BCUT2D eigenvalue weighted by molar-refractivity contribution is 0.518. The molecule has 2 N–H and O–H groups in total. The van der Waals surface area contributed by atoms with Crippen LogP contribution in [0.15, 0.2) is 4.99 Å². The molecule has 0 heterocycles. The van der Waals surface area contributed by atoms with Gasteiger partial charge in [0.25, 0.3) is 0 Å². The van der Waals surface area contributed by atoms with Crippen molar-refractivity contribution in [1.82, 2.24) is 10.6 Å². The van der Waals surface area contributed by atoms with Gasteiger partial charge in [-0.3, -0.25) is 4.99 Å². The normalized spacial score (nSPS) is 13.4. The van der Waals surface area contributed by atoms with Gasteiger partial charge in [-0.1, -0.05) is 39.5 Å². The number of rotatable bonds is 11. The largest absolute Gasteiger partial charge is 0.357 e. The van der Waals surface area contributed by atoms with Crippen LogP contribution in [0.5, 0.6) is 0 Å². The zero-order valence-electron chi connectivity index (χ0n) is 15.9. The third-order valence-corrected chi connectivity index (χ3v) is 6.10. The molecule has 23 heavy (non-hydrogen) atoms. The molecule has 0 aliphatic heterocycles. The van der Waals surface area contributed by atoms with Gasteiger partial charge in [0.05, 0.1) is 11.3 Å². The van der Waals surface area contributed by atoms with Crippen LogP contribution in [0.3, 0.4) is 0 Å². The van der Waals surface area contributed by atoms with Crippen molar-refractivity contribution in [3.8, 4) is 0 Å². The molecule has 0 aromatic heterocycles. The van der Waals surface area contributed by atoms with Crippen molar-refractivity contribution >= 4 is 15.8 Å². The van der Waals surface area contributed by atoms with E-state index in [-0.39, 0.29) is 6.54 Å². The summed E-state index contributed by atoms with van der Waals surface area (Å²) in [7, 11) is -3.12. The minimum atomic E-state index is -3.12. The van der Waals surface area contributed by atoms with Gasteiger partial charge in [0.1, 0.15) is 0 Å². The fourth-order valence-electron chi connectivity index (χ4n) is 1.97. The summed E-state index contributed by atoms with van der Waals surface area (Å²) in [4.78, 5) is 4.42. The van der Waals surface area contributed by atoms with Gasteiger partial charge in [0.15, 0.2) is 15.8 Å². The molecule has 0 aromatic rings. The van der Waals surface area contributed by atoms with Crippen LogP contribution in [0.2, 0.25) is 0 Å². The van der Waals surface area contributed by atoms with Crippen LogP contribution < -0.4 is 10.6 Å². The second kappa shape index (κ2) is 10.9. The Kier molecular flexibility index (Phi) is 10.5. The minimum Gasteiger partial charge on any atom is -0.357 e. The third-order valence-electron chi connectivity index (χ3n) is 3.97. The summed E-state index contributed by atoms with van der Waals surface area (Å²) in [5.74, 6) is 1.49. The van der Waals surface area contributed by atoms with Crippen molar-refractivity contribution in [2.24, 2.45) is 10.9 Å². The number of guanidine groups is 1. The average molecular weight is 348 g/mol. The average Bonchev–Trinajstić information content (AvgIpc) is 2.42. The molecular weight excluding hydrogens is 310 g/mol. The highest BCUT2D eigenvalue weighted by Gasteiger charge is 2.29. The Bertz CT molecular complexity index is 443. The van der Waals surface area contributed by atoms with E-state index in [2.05, 4.69) is 29.5 Å². The predicted octanol–water partition coefficient (Wildman–Crippen LogP) is 2.97. The molecule has 0 saturated heterocycles. The van der Waals surface area contributed by atoms with Gasteiger partial charge >= 0.3 is 0 Å². The second-order valence-corrected chi connectivity index (χ2v) is 9.90. The topological polar surface area (TPSA) is 70.6 Å². The minimum absolute atomic E-state index is 0.259. The van der Waals surface area contributed by atoms with E-state index in [1.165, 1.54) is 31.9 Å². The van der Waals surface area contributed by atoms with E-state index in [9.17, 15) is 8.42 Å². The van der Waals surface area contributed by atoms with Gasteiger partial charge in [-0.05, 0) is 33.1 Å². The van der Waals surface area contributed by atoms with Crippen LogP contribution in [0.4, 0.5) is 0 Å². The Morgan fingerprint density at radius 3 is 2.22 bits per heavy atom. The van der Waals surface area contributed by atoms with Gasteiger partial charge in [-0.25, -0.2) is 8.42 Å². The molecule has 6 heteroatoms. The van der Waals surface area contributed by atoms with Gasteiger partial charge in [-0.15, -0.1) is 0 Å². The lowest BCUT2D eigenvalue weighted by Gasteiger charge is -2.21. The molecule has 0 aromatic carbocycles. The quantitative estimate of drug-likeness (QED) is 0.342. The van der Waals surface area contributed by atoms with Crippen LogP contribution in [0.25, 0.3) is 0 Å². The Morgan fingerprint density at radius 1 is 1.09 bits per heavy atom. The summed E-state index contributed by atoms with van der Waals surface area (Å²) in [5, 5.41) is 6.46. The van der Waals surface area contributed by atoms with Gasteiger partial charge in [0.2, 0.25) is 0 Å². The molecule has 5 nitrogen and oxygen atoms in total. The highest BCUT2D eigenvalue weighted by Crippen LogP contribution is 2.15. The smallest absolute Gasteiger partial charge is 0.191 e. The first-order chi connectivity index (χ1) is 10.6. The first kappa shape index (κ1) is 22.2. The molecule has 0 atom stereocenters. The van der Waals surface area contributed by atoms with Crippen LogP contribution in [0, 0.1) is 5.92 Å². The summed E-state index contributed by atoms with van der Waals surface area (Å²) in [5.41, 5.74) is 0. The van der Waals surface area contributed by atoms with Gasteiger partial charge < -0.3 is 10.6 Å². The first-order valence-electron chi connectivity index (χ1n) is 8.82. The van der Waals surface area contributed by atoms with Crippen LogP contribution in [-0.4, -0.2) is 45.0 Å². The monoisotopic (exact) mass is 347 g/mol. The van der Waals surface area contributed by atoms with E-state index < -0.39 is 14.6 Å². The Morgan fingerprint density at radius 2 is 1.70 bits per heavy atom. The maximum Gasteiger partial charge on any atom is 0.191 e. The van der Waals surface area contributed by atoms with Crippen molar-refractivity contribution in [2.75, 3.05) is 25.9 Å². The summed E-state index contributed by atoms with van der Waals surface area (Å²) < 4.78 is 22.6. The number of nitrogens with zero attached hydrogens (tertiary/aromatic N) is 1. The van der Waals surface area contributed by atoms with Crippen molar-refractivity contribution in [3.63, 3.8) is 0 Å². The third kappa shape index (κ3) is 10.6. The van der Waals surface area contributed by atoms with Crippen LogP contribution in [-0.2, 0) is 9.84 Å². The molecule has 0 amide bonds. The summed E-state index contributed by atoms with van der Waals surface area (Å²) in [6.45, 7) is 11.8. The Labute approximate surface area is 143 Å². The zero-order chi connectivity index (χ0) is 17.9. The number of hydrogen-bond donors (Lipinski definition) is 2. The molecule has 0 aliphatic rings. The molecular formula is C17H37N3O2S. The zero-order valence-corrected chi connectivity index (χ0v) is 16.7. The van der Waals surface area contributed by atoms with E-state index in [1.807, 2.05) is 6.92 Å². The second-order valence-electron chi connectivity index (χ2n) is 7.25. The van der Waals surface area contributed by atoms with Crippen LogP contribution in [0.1, 0.15) is 66.7 Å². The maximum atomic E-state index is 11.7. The molecule has 0 unspecified atom stereocenters. The molecule has 138 valence electrons. The predicted molar refractivity (Wildman–Crippen MR) is 101 cm³/mol. The van der Waals surface area contributed by atoms with E-state index in [1.54, 1.807) is 13.8 Å². The van der Waals surface area contributed by atoms with Crippen molar-refractivity contribution in [1.29, 1.82) is 0 Å². The molecule has 0 bridgehead atoms. The Hall–Kier alpha value is -0.780. The number of hydrogen-bond acceptors (Lipinski definition) is 3. The number of unbranched alkanes of at least 4 members (excludes halogenated alkanes) is 3. The summed E-state index contributed by atoms with van der Waals surface area (Å²) in [6, 6.07) is 0. The number of sulfone groups is 1. The highest BCUT2D eigenvalue weighted by molar-refractivity contribution is 7.92. The van der Waals surface area contributed by atoms with Gasteiger partial charge in [0, 0.05) is 19.3 Å². The maximum absolute atomic E-state index is 11.7. The van der Waals surface area contributed by atoms with Crippen LogP contribution >= 0.6 is 0 Å². The van der Waals surface area contributed by atoms with Crippen molar-refractivity contribution in [2.45, 2.75) is 71.5 Å². The molecule has 0 radical (unpaired) electrons. The van der Waals surface area contributed by atoms with E-state index in [0.717, 1.165) is 25.4 Å². The van der Waals surface area contributed by atoms with E-state index in [0.29, 0.717) is 5.96 Å². The molecule has 0 fully saturated rings. The SMILES string of the molecule is CCNC(=NCC(C)(C)S(C)(=O)=O)NCCCCCCC(C)C. The Balaban J connectivity index is 4.19. The van der Waals surface area contributed by atoms with E-state index in [4.69, 9.17) is 0 Å². The first-order valence-corrected chi connectivity index (χ1v) is 10.7.